The molecule has 0 saturated carbocycles. The molecule has 1 aliphatic heterocycles. The summed E-state index contributed by atoms with van der Waals surface area (Å²) in [6.45, 7) is 0.918. The third-order valence-electron chi connectivity index (χ3n) is 2.95. The fourth-order valence-electron chi connectivity index (χ4n) is 1.89. The highest BCUT2D eigenvalue weighted by Crippen LogP contribution is 2.26. The number of carbonyl (C=O) groups excluding carboxylic acids is 1. The molecule has 0 radical (unpaired) electrons. The SMILES string of the molecule is CNC(=O)c1ccc(NCC2CSCCS2)c(N)c1. The van der Waals surface area contributed by atoms with Crippen LogP contribution in [0.3, 0.4) is 0 Å². The maximum absolute atomic E-state index is 11.5. The van der Waals surface area contributed by atoms with Crippen LogP contribution in [0.4, 0.5) is 11.4 Å². The first-order chi connectivity index (χ1) is 9.20. The van der Waals surface area contributed by atoms with Crippen molar-refractivity contribution in [2.45, 2.75) is 5.25 Å². The smallest absolute Gasteiger partial charge is 0.251 e. The van der Waals surface area contributed by atoms with Crippen LogP contribution in [-0.2, 0) is 0 Å². The van der Waals surface area contributed by atoms with Crippen LogP contribution in [0.2, 0.25) is 0 Å². The molecule has 1 amide bonds. The summed E-state index contributed by atoms with van der Waals surface area (Å²) in [7, 11) is 1.61. The van der Waals surface area contributed by atoms with E-state index < -0.39 is 0 Å². The zero-order valence-corrected chi connectivity index (χ0v) is 12.6. The molecule has 4 N–H and O–H groups in total. The monoisotopic (exact) mass is 297 g/mol. The number of anilines is 2. The molecule has 2 rings (SSSR count). The Morgan fingerprint density at radius 2 is 2.32 bits per heavy atom. The average Bonchev–Trinajstić information content (AvgIpc) is 2.46. The van der Waals surface area contributed by atoms with Gasteiger partial charge >= 0.3 is 0 Å². The van der Waals surface area contributed by atoms with Crippen LogP contribution in [0.15, 0.2) is 18.2 Å². The second-order valence-electron chi connectivity index (χ2n) is 4.33. The summed E-state index contributed by atoms with van der Waals surface area (Å²) in [5.74, 6) is 3.55. The van der Waals surface area contributed by atoms with Crippen molar-refractivity contribution in [3.05, 3.63) is 23.8 Å². The molecule has 0 bridgehead atoms. The molecular formula is C13H19N3OS2. The fraction of sp³-hybridized carbons (Fsp3) is 0.462. The summed E-state index contributed by atoms with van der Waals surface area (Å²) < 4.78 is 0. The van der Waals surface area contributed by atoms with Gasteiger partial charge in [-0.05, 0) is 18.2 Å². The van der Waals surface area contributed by atoms with Crippen molar-refractivity contribution in [2.24, 2.45) is 0 Å². The van der Waals surface area contributed by atoms with Crippen molar-refractivity contribution in [1.29, 1.82) is 0 Å². The lowest BCUT2D eigenvalue weighted by Gasteiger charge is -2.22. The van der Waals surface area contributed by atoms with Crippen molar-refractivity contribution in [3.8, 4) is 0 Å². The summed E-state index contributed by atoms with van der Waals surface area (Å²) in [6, 6.07) is 5.38. The predicted molar refractivity (Wildman–Crippen MR) is 86.3 cm³/mol. The minimum atomic E-state index is -0.113. The second kappa shape index (κ2) is 6.96. The van der Waals surface area contributed by atoms with Gasteiger partial charge in [0.05, 0.1) is 11.4 Å². The number of nitrogens with one attached hydrogen (secondary N) is 2. The van der Waals surface area contributed by atoms with Gasteiger partial charge in [-0.2, -0.15) is 23.5 Å². The molecule has 19 heavy (non-hydrogen) atoms. The molecule has 104 valence electrons. The van der Waals surface area contributed by atoms with E-state index in [9.17, 15) is 4.79 Å². The zero-order valence-electron chi connectivity index (χ0n) is 10.9. The quantitative estimate of drug-likeness (QED) is 0.741. The van der Waals surface area contributed by atoms with E-state index in [2.05, 4.69) is 10.6 Å². The predicted octanol–water partition coefficient (Wildman–Crippen LogP) is 1.89. The molecule has 1 unspecified atom stereocenters. The molecule has 0 spiro atoms. The number of hydrogen-bond acceptors (Lipinski definition) is 5. The van der Waals surface area contributed by atoms with E-state index in [0.29, 0.717) is 16.5 Å². The highest BCUT2D eigenvalue weighted by molar-refractivity contribution is 8.06. The van der Waals surface area contributed by atoms with Gasteiger partial charge in [0, 0.05) is 41.7 Å². The van der Waals surface area contributed by atoms with E-state index >= 15 is 0 Å². The van der Waals surface area contributed by atoms with Crippen LogP contribution in [0, 0.1) is 0 Å². The fourth-order valence-corrected chi connectivity index (χ4v) is 4.50. The van der Waals surface area contributed by atoms with E-state index in [1.807, 2.05) is 29.6 Å². The Kier molecular flexibility index (Phi) is 5.27. The number of hydrogen-bond donors (Lipinski definition) is 3. The maximum atomic E-state index is 11.5. The molecule has 1 heterocycles. The third-order valence-corrected chi connectivity index (χ3v) is 5.79. The maximum Gasteiger partial charge on any atom is 0.251 e. The minimum absolute atomic E-state index is 0.113. The van der Waals surface area contributed by atoms with Crippen LogP contribution in [-0.4, -0.2) is 42.0 Å². The van der Waals surface area contributed by atoms with Crippen molar-refractivity contribution < 1.29 is 4.79 Å². The lowest BCUT2D eigenvalue weighted by atomic mass is 10.1. The summed E-state index contributed by atoms with van der Waals surface area (Å²) >= 11 is 4.02. The molecule has 6 heteroatoms. The van der Waals surface area contributed by atoms with Gasteiger partial charge in [0.1, 0.15) is 0 Å². The molecule has 1 fully saturated rings. The van der Waals surface area contributed by atoms with Gasteiger partial charge in [-0.25, -0.2) is 0 Å². The summed E-state index contributed by atoms with van der Waals surface area (Å²) in [5.41, 5.74) is 8.09. The van der Waals surface area contributed by atoms with Crippen LogP contribution in [0.5, 0.6) is 0 Å². The van der Waals surface area contributed by atoms with E-state index in [4.69, 9.17) is 5.73 Å². The molecule has 1 aromatic rings. The molecule has 1 atom stereocenters. The molecule has 4 nitrogen and oxygen atoms in total. The van der Waals surface area contributed by atoms with E-state index in [1.54, 1.807) is 19.2 Å². The molecule has 0 aromatic heterocycles. The Balaban J connectivity index is 1.95. The Hall–Kier alpha value is -1.01. The Bertz CT molecular complexity index is 448. The molecule has 1 aliphatic rings. The Labute approximate surface area is 122 Å². The lowest BCUT2D eigenvalue weighted by molar-refractivity contribution is 0.0963. The Morgan fingerprint density at radius 3 is 2.95 bits per heavy atom. The summed E-state index contributed by atoms with van der Waals surface area (Å²) in [5, 5.41) is 6.60. The van der Waals surface area contributed by atoms with Gasteiger partial charge in [0.15, 0.2) is 0 Å². The standard InChI is InChI=1S/C13H19N3OS2/c1-15-13(17)9-2-3-12(11(14)6-9)16-7-10-8-18-4-5-19-10/h2-3,6,10,16H,4-5,7-8,14H2,1H3,(H,15,17). The highest BCUT2D eigenvalue weighted by atomic mass is 32.2. The van der Waals surface area contributed by atoms with Gasteiger partial charge in [-0.15, -0.1) is 0 Å². The number of amides is 1. The molecule has 0 aliphatic carbocycles. The third kappa shape index (κ3) is 3.98. The van der Waals surface area contributed by atoms with Crippen molar-refractivity contribution in [3.63, 3.8) is 0 Å². The van der Waals surface area contributed by atoms with Crippen LogP contribution in [0.25, 0.3) is 0 Å². The van der Waals surface area contributed by atoms with Gasteiger partial charge in [0.2, 0.25) is 0 Å². The van der Waals surface area contributed by atoms with Gasteiger partial charge < -0.3 is 16.4 Å². The average molecular weight is 297 g/mol. The summed E-state index contributed by atoms with van der Waals surface area (Å²) in [4.78, 5) is 11.5. The van der Waals surface area contributed by atoms with Crippen molar-refractivity contribution >= 4 is 40.8 Å². The van der Waals surface area contributed by atoms with E-state index in [0.717, 1.165) is 12.2 Å². The number of thioether (sulfide) groups is 2. The number of nitrogen functional groups attached to an aromatic ring is 1. The molecular weight excluding hydrogens is 278 g/mol. The van der Waals surface area contributed by atoms with E-state index in [1.165, 1.54) is 17.3 Å². The van der Waals surface area contributed by atoms with Crippen LogP contribution < -0.4 is 16.4 Å². The first-order valence-corrected chi connectivity index (χ1v) is 8.46. The number of benzene rings is 1. The second-order valence-corrected chi connectivity index (χ2v) is 6.89. The lowest BCUT2D eigenvalue weighted by Crippen LogP contribution is -2.23. The summed E-state index contributed by atoms with van der Waals surface area (Å²) in [6.07, 6.45) is 0. The van der Waals surface area contributed by atoms with Crippen molar-refractivity contribution in [1.82, 2.24) is 5.32 Å². The number of carbonyl (C=O) groups is 1. The minimum Gasteiger partial charge on any atom is -0.397 e. The van der Waals surface area contributed by atoms with Gasteiger partial charge in [0.25, 0.3) is 5.91 Å². The topological polar surface area (TPSA) is 67.2 Å². The number of rotatable bonds is 4. The van der Waals surface area contributed by atoms with Crippen molar-refractivity contribution in [2.75, 3.05) is 41.9 Å². The van der Waals surface area contributed by atoms with Gasteiger partial charge in [-0.1, -0.05) is 0 Å². The number of nitrogens with two attached hydrogens (primary N) is 1. The zero-order chi connectivity index (χ0) is 13.7. The highest BCUT2D eigenvalue weighted by Gasteiger charge is 2.14. The van der Waals surface area contributed by atoms with Crippen LogP contribution in [0.1, 0.15) is 10.4 Å². The first-order valence-electron chi connectivity index (χ1n) is 6.25. The molecule has 1 aromatic carbocycles. The van der Waals surface area contributed by atoms with Crippen LogP contribution >= 0.6 is 23.5 Å². The van der Waals surface area contributed by atoms with Gasteiger partial charge in [-0.3, -0.25) is 4.79 Å². The van der Waals surface area contributed by atoms with E-state index in [-0.39, 0.29) is 5.91 Å². The Morgan fingerprint density at radius 1 is 1.47 bits per heavy atom. The normalized spacial score (nSPS) is 18.9. The first kappa shape index (κ1) is 14.4. The molecule has 1 saturated heterocycles. The largest absolute Gasteiger partial charge is 0.397 e.